The van der Waals surface area contributed by atoms with Gasteiger partial charge in [0.2, 0.25) is 5.91 Å². The van der Waals surface area contributed by atoms with E-state index in [9.17, 15) is 9.59 Å². The van der Waals surface area contributed by atoms with Gasteiger partial charge < -0.3 is 15.0 Å². The van der Waals surface area contributed by atoms with Crippen LogP contribution in [0, 0.1) is 0 Å². The Balaban J connectivity index is 1.63. The van der Waals surface area contributed by atoms with Gasteiger partial charge in [-0.3, -0.25) is 9.59 Å². The molecule has 1 aliphatic rings. The molecule has 1 heterocycles. The molecule has 0 unspecified atom stereocenters. The summed E-state index contributed by atoms with van der Waals surface area (Å²) in [6, 6.07) is 13.7. The molecule has 0 spiro atoms. The average molecular weight is 284 g/mol. The maximum absolute atomic E-state index is 12.0. The number of piperazine rings is 1. The smallest absolute Gasteiger partial charge is 0.261 e. The van der Waals surface area contributed by atoms with Crippen LogP contribution in [0.4, 0.5) is 0 Å². The van der Waals surface area contributed by atoms with Crippen LogP contribution in [0.3, 0.4) is 0 Å². The van der Waals surface area contributed by atoms with Crippen molar-refractivity contribution >= 4 is 22.6 Å². The van der Waals surface area contributed by atoms with Crippen molar-refractivity contribution < 1.29 is 14.3 Å². The highest BCUT2D eigenvalue weighted by Crippen LogP contribution is 2.20. The van der Waals surface area contributed by atoms with E-state index in [2.05, 4.69) is 5.32 Å². The first-order valence-corrected chi connectivity index (χ1v) is 6.88. The Morgan fingerprint density at radius 1 is 1.19 bits per heavy atom. The zero-order chi connectivity index (χ0) is 14.7. The number of benzene rings is 2. The van der Waals surface area contributed by atoms with Crippen LogP contribution in [-0.2, 0) is 9.59 Å². The highest BCUT2D eigenvalue weighted by atomic mass is 16.5. The lowest BCUT2D eigenvalue weighted by atomic mass is 10.1. The number of hydrogen-bond acceptors (Lipinski definition) is 3. The molecule has 1 aliphatic heterocycles. The Kier molecular flexibility index (Phi) is 3.73. The van der Waals surface area contributed by atoms with Gasteiger partial charge in [-0.1, -0.05) is 30.3 Å². The second-order valence-electron chi connectivity index (χ2n) is 4.96. The lowest BCUT2D eigenvalue weighted by Crippen LogP contribution is -2.51. The first-order chi connectivity index (χ1) is 10.2. The predicted molar refractivity (Wildman–Crippen MR) is 79.0 cm³/mol. The molecule has 2 aromatic carbocycles. The van der Waals surface area contributed by atoms with Crippen LogP contribution >= 0.6 is 0 Å². The summed E-state index contributed by atoms with van der Waals surface area (Å²) in [5.41, 5.74) is 0. The van der Waals surface area contributed by atoms with Crippen molar-refractivity contribution in [3.05, 3.63) is 42.5 Å². The molecule has 5 nitrogen and oxygen atoms in total. The van der Waals surface area contributed by atoms with Gasteiger partial charge in [0.15, 0.2) is 6.61 Å². The molecule has 21 heavy (non-hydrogen) atoms. The normalized spacial score (nSPS) is 14.9. The van der Waals surface area contributed by atoms with Crippen molar-refractivity contribution in [1.82, 2.24) is 10.2 Å². The Labute approximate surface area is 122 Å². The van der Waals surface area contributed by atoms with Gasteiger partial charge in [-0.15, -0.1) is 0 Å². The third-order valence-corrected chi connectivity index (χ3v) is 3.47. The number of fused-ring (bicyclic) bond motifs is 1. The summed E-state index contributed by atoms with van der Waals surface area (Å²) in [5.74, 6) is 0.363. The number of hydrogen-bond donors (Lipinski definition) is 1. The van der Waals surface area contributed by atoms with Crippen molar-refractivity contribution in [3.63, 3.8) is 0 Å². The number of rotatable bonds is 3. The van der Waals surface area contributed by atoms with Crippen molar-refractivity contribution in [3.8, 4) is 5.75 Å². The van der Waals surface area contributed by atoms with E-state index in [-0.39, 0.29) is 25.0 Å². The minimum Gasteiger partial charge on any atom is -0.484 e. The number of amides is 2. The Bertz CT molecular complexity index is 684. The van der Waals surface area contributed by atoms with E-state index >= 15 is 0 Å². The van der Waals surface area contributed by atoms with Crippen LogP contribution in [0.25, 0.3) is 10.8 Å². The summed E-state index contributed by atoms with van der Waals surface area (Å²) >= 11 is 0. The second kappa shape index (κ2) is 5.83. The first kappa shape index (κ1) is 13.4. The summed E-state index contributed by atoms with van der Waals surface area (Å²) in [6.45, 7) is 1.09. The van der Waals surface area contributed by atoms with Gasteiger partial charge in [0.25, 0.3) is 5.91 Å². The summed E-state index contributed by atoms with van der Waals surface area (Å²) < 4.78 is 5.54. The average Bonchev–Trinajstić information content (AvgIpc) is 2.52. The summed E-state index contributed by atoms with van der Waals surface area (Å²) in [4.78, 5) is 24.8. The van der Waals surface area contributed by atoms with E-state index in [1.807, 2.05) is 42.5 Å². The zero-order valence-corrected chi connectivity index (χ0v) is 11.5. The van der Waals surface area contributed by atoms with E-state index in [1.54, 1.807) is 0 Å². The van der Waals surface area contributed by atoms with Gasteiger partial charge in [-0.2, -0.15) is 0 Å². The predicted octanol–water partition coefficient (Wildman–Crippen LogP) is 1.18. The molecule has 1 fully saturated rings. The van der Waals surface area contributed by atoms with Crippen molar-refractivity contribution in [2.75, 3.05) is 26.2 Å². The molecular formula is C16H16N2O3. The minimum atomic E-state index is -0.169. The van der Waals surface area contributed by atoms with Gasteiger partial charge >= 0.3 is 0 Å². The fraction of sp³-hybridized carbons (Fsp3) is 0.250. The molecule has 0 bridgehead atoms. The molecule has 0 aromatic heterocycles. The number of nitrogens with one attached hydrogen (secondary N) is 1. The molecule has 1 saturated heterocycles. The number of carbonyl (C=O) groups excluding carboxylic acids is 2. The van der Waals surface area contributed by atoms with Crippen LogP contribution in [0.5, 0.6) is 5.75 Å². The molecule has 1 N–H and O–H groups in total. The fourth-order valence-corrected chi connectivity index (χ4v) is 2.35. The summed E-state index contributed by atoms with van der Waals surface area (Å²) in [5, 5.41) is 4.88. The maximum Gasteiger partial charge on any atom is 0.261 e. The van der Waals surface area contributed by atoms with Crippen molar-refractivity contribution in [2.24, 2.45) is 0 Å². The van der Waals surface area contributed by atoms with E-state index in [4.69, 9.17) is 4.74 Å². The van der Waals surface area contributed by atoms with Crippen molar-refractivity contribution in [1.29, 1.82) is 0 Å². The second-order valence-corrected chi connectivity index (χ2v) is 4.96. The molecule has 2 aromatic rings. The quantitative estimate of drug-likeness (QED) is 0.920. The zero-order valence-electron chi connectivity index (χ0n) is 11.5. The summed E-state index contributed by atoms with van der Waals surface area (Å²) in [7, 11) is 0. The van der Waals surface area contributed by atoms with Crippen molar-refractivity contribution in [2.45, 2.75) is 0 Å². The lowest BCUT2D eigenvalue weighted by Gasteiger charge is -2.26. The monoisotopic (exact) mass is 284 g/mol. The Hall–Kier alpha value is -2.56. The molecule has 0 aliphatic carbocycles. The van der Waals surface area contributed by atoms with Crippen LogP contribution in [0.2, 0.25) is 0 Å². The molecular weight excluding hydrogens is 268 g/mol. The molecule has 0 atom stereocenters. The third-order valence-electron chi connectivity index (χ3n) is 3.47. The Morgan fingerprint density at radius 2 is 2.00 bits per heavy atom. The first-order valence-electron chi connectivity index (χ1n) is 6.88. The third kappa shape index (κ3) is 3.13. The highest BCUT2D eigenvalue weighted by molar-refractivity contribution is 5.87. The summed E-state index contributed by atoms with van der Waals surface area (Å²) in [6.07, 6.45) is 0. The van der Waals surface area contributed by atoms with Gasteiger partial charge in [0, 0.05) is 13.1 Å². The number of nitrogens with zero attached hydrogens (tertiary/aromatic N) is 1. The van der Waals surface area contributed by atoms with Gasteiger partial charge in [-0.25, -0.2) is 0 Å². The van der Waals surface area contributed by atoms with E-state index in [0.29, 0.717) is 18.8 Å². The SMILES string of the molecule is O=C1CN(C(=O)COc2ccc3ccccc3c2)CCN1. The van der Waals surface area contributed by atoms with E-state index in [1.165, 1.54) is 4.90 Å². The van der Waals surface area contributed by atoms with Crippen LogP contribution in [0.15, 0.2) is 42.5 Å². The molecule has 108 valence electrons. The van der Waals surface area contributed by atoms with Gasteiger partial charge in [0.1, 0.15) is 5.75 Å². The standard InChI is InChI=1S/C16H16N2O3/c19-15-10-18(8-7-17-15)16(20)11-21-14-6-5-12-3-1-2-4-13(12)9-14/h1-6,9H,7-8,10-11H2,(H,17,19). The maximum atomic E-state index is 12.0. The van der Waals surface area contributed by atoms with Gasteiger partial charge in [0.05, 0.1) is 6.54 Å². The minimum absolute atomic E-state index is 0.0500. The van der Waals surface area contributed by atoms with E-state index < -0.39 is 0 Å². The van der Waals surface area contributed by atoms with Crippen LogP contribution in [-0.4, -0.2) is 43.0 Å². The topological polar surface area (TPSA) is 58.6 Å². The number of ether oxygens (including phenoxy) is 1. The largest absolute Gasteiger partial charge is 0.484 e. The highest BCUT2D eigenvalue weighted by Gasteiger charge is 2.21. The lowest BCUT2D eigenvalue weighted by molar-refractivity contribution is -0.139. The van der Waals surface area contributed by atoms with E-state index in [0.717, 1.165) is 10.8 Å². The van der Waals surface area contributed by atoms with Crippen LogP contribution < -0.4 is 10.1 Å². The molecule has 0 radical (unpaired) electrons. The molecule has 3 rings (SSSR count). The molecule has 5 heteroatoms. The molecule has 0 saturated carbocycles. The number of carbonyl (C=O) groups is 2. The van der Waals surface area contributed by atoms with Crippen LogP contribution in [0.1, 0.15) is 0 Å². The Morgan fingerprint density at radius 3 is 2.81 bits per heavy atom. The fourth-order valence-electron chi connectivity index (χ4n) is 2.35. The van der Waals surface area contributed by atoms with Gasteiger partial charge in [-0.05, 0) is 22.9 Å². The molecule has 2 amide bonds.